The number of carboxylic acids is 1. The van der Waals surface area contributed by atoms with E-state index in [-0.39, 0.29) is 31.8 Å². The molecule has 1 rings (SSSR count). The van der Waals surface area contributed by atoms with E-state index < -0.39 is 55.0 Å². The summed E-state index contributed by atoms with van der Waals surface area (Å²) in [6, 6.07) is -3.84. The topological polar surface area (TPSA) is 264 Å². The molecule has 3 atom stereocenters. The first-order valence-electron chi connectivity index (χ1n) is 9.64. The smallest absolute Gasteiger partial charge is 0.326 e. The molecule has 1 heterocycles. The number of hydrogen-bond donors (Lipinski definition) is 9. The third-order valence-electron chi connectivity index (χ3n) is 4.19. The molecule has 0 aromatic carbocycles. The van der Waals surface area contributed by atoms with Crippen LogP contribution in [0, 0.1) is 0 Å². The summed E-state index contributed by atoms with van der Waals surface area (Å²) in [6.45, 7) is -0.962. The molecule has 0 aliphatic rings. The Balaban J connectivity index is 2.89. The van der Waals surface area contributed by atoms with Crippen molar-refractivity contribution in [2.24, 2.45) is 22.2 Å². The summed E-state index contributed by atoms with van der Waals surface area (Å²) in [5, 5.41) is 25.8. The largest absolute Gasteiger partial charge is 0.480 e. The fourth-order valence-electron chi connectivity index (χ4n) is 2.58. The van der Waals surface area contributed by atoms with E-state index >= 15 is 0 Å². The molecule has 15 heteroatoms. The SMILES string of the molecule is NCC(=O)NC(CO)C(=O)NC(Cc1cnc[nH]1)C(=O)NC(CCCN=C(N)N)C(=O)O. The highest BCUT2D eigenvalue weighted by molar-refractivity contribution is 5.93. The standard InChI is InChI=1S/C17H29N9O6/c18-5-13(28)24-12(7-27)15(30)26-11(4-9-6-21-8-23-9)14(29)25-10(16(31)32)2-1-3-22-17(19)20/h6,8,10-12,27H,1-5,7,18H2,(H,21,23)(H,24,28)(H,25,29)(H,26,30)(H,31,32)(H4,19,20,22). The maximum absolute atomic E-state index is 12.8. The number of aliphatic hydroxyl groups excluding tert-OH is 1. The number of guanidine groups is 1. The lowest BCUT2D eigenvalue weighted by Gasteiger charge is -2.23. The third kappa shape index (κ3) is 9.40. The monoisotopic (exact) mass is 455 g/mol. The highest BCUT2D eigenvalue weighted by Crippen LogP contribution is 2.04. The predicted molar refractivity (Wildman–Crippen MR) is 112 cm³/mol. The van der Waals surface area contributed by atoms with Crippen LogP contribution in [0.5, 0.6) is 0 Å². The van der Waals surface area contributed by atoms with E-state index in [1.54, 1.807) is 0 Å². The van der Waals surface area contributed by atoms with Crippen molar-refractivity contribution in [3.8, 4) is 0 Å². The number of aromatic amines is 1. The minimum absolute atomic E-state index is 0.0361. The predicted octanol–water partition coefficient (Wildman–Crippen LogP) is -4.50. The molecule has 3 amide bonds. The molecule has 0 bridgehead atoms. The van der Waals surface area contributed by atoms with Crippen LogP contribution in [0.15, 0.2) is 17.5 Å². The summed E-state index contributed by atoms with van der Waals surface area (Å²) >= 11 is 0. The molecule has 3 unspecified atom stereocenters. The normalized spacial score (nSPS) is 13.3. The number of nitrogens with two attached hydrogens (primary N) is 3. The maximum Gasteiger partial charge on any atom is 0.326 e. The molecule has 32 heavy (non-hydrogen) atoms. The molecular weight excluding hydrogens is 426 g/mol. The summed E-state index contributed by atoms with van der Waals surface area (Å²) < 4.78 is 0. The average molecular weight is 455 g/mol. The van der Waals surface area contributed by atoms with E-state index in [0.717, 1.165) is 0 Å². The van der Waals surface area contributed by atoms with Gasteiger partial charge in [-0.2, -0.15) is 0 Å². The number of carbonyl (C=O) groups is 4. The number of aliphatic hydroxyl groups is 1. The Morgan fingerprint density at radius 1 is 1.09 bits per heavy atom. The van der Waals surface area contributed by atoms with E-state index in [1.165, 1.54) is 12.5 Å². The summed E-state index contributed by atoms with van der Waals surface area (Å²) in [6.07, 6.45) is 3.06. The van der Waals surface area contributed by atoms with Crippen molar-refractivity contribution >= 4 is 29.7 Å². The minimum atomic E-state index is -1.35. The highest BCUT2D eigenvalue weighted by Gasteiger charge is 2.29. The lowest BCUT2D eigenvalue weighted by molar-refractivity contribution is -0.142. The molecule has 1 aromatic heterocycles. The molecule has 12 N–H and O–H groups in total. The van der Waals surface area contributed by atoms with Gasteiger partial charge in [-0.15, -0.1) is 0 Å². The van der Waals surface area contributed by atoms with E-state index in [9.17, 15) is 29.4 Å². The zero-order valence-electron chi connectivity index (χ0n) is 17.3. The Hall–Kier alpha value is -3.72. The minimum Gasteiger partial charge on any atom is -0.480 e. The number of rotatable bonds is 14. The van der Waals surface area contributed by atoms with Crippen molar-refractivity contribution in [1.82, 2.24) is 25.9 Å². The summed E-state index contributed by atoms with van der Waals surface area (Å²) in [5.74, 6) is -3.74. The number of hydrogen-bond acceptors (Lipinski definition) is 8. The molecule has 0 fully saturated rings. The molecule has 0 saturated carbocycles. The van der Waals surface area contributed by atoms with Crippen molar-refractivity contribution in [2.75, 3.05) is 19.7 Å². The summed E-state index contributed by atoms with van der Waals surface area (Å²) in [5.41, 5.74) is 16.1. The van der Waals surface area contributed by atoms with E-state index in [1.807, 2.05) is 0 Å². The summed E-state index contributed by atoms with van der Waals surface area (Å²) in [4.78, 5) is 58.6. The van der Waals surface area contributed by atoms with Crippen LogP contribution in [-0.4, -0.2) is 87.7 Å². The number of imidazole rings is 1. The van der Waals surface area contributed by atoms with Gasteiger partial charge in [0.2, 0.25) is 17.7 Å². The molecule has 0 spiro atoms. The van der Waals surface area contributed by atoms with Crippen LogP contribution >= 0.6 is 0 Å². The molecule has 0 saturated heterocycles. The van der Waals surface area contributed by atoms with Crippen molar-refractivity contribution in [3.05, 3.63) is 18.2 Å². The number of aliphatic carboxylic acids is 1. The zero-order chi connectivity index (χ0) is 24.1. The Labute approximate surface area is 183 Å². The maximum atomic E-state index is 12.8. The first-order chi connectivity index (χ1) is 15.2. The van der Waals surface area contributed by atoms with Crippen LogP contribution < -0.4 is 33.2 Å². The highest BCUT2D eigenvalue weighted by atomic mass is 16.4. The Kier molecular flexibility index (Phi) is 11.1. The molecular formula is C17H29N9O6. The molecule has 178 valence electrons. The molecule has 0 radical (unpaired) electrons. The van der Waals surface area contributed by atoms with Gasteiger partial charge in [-0.3, -0.25) is 19.4 Å². The Morgan fingerprint density at radius 3 is 2.28 bits per heavy atom. The lowest BCUT2D eigenvalue weighted by Crippen LogP contribution is -2.57. The first kappa shape index (κ1) is 26.3. The quantitative estimate of drug-likeness (QED) is 0.0736. The van der Waals surface area contributed by atoms with Crippen LogP contribution in [0.3, 0.4) is 0 Å². The van der Waals surface area contributed by atoms with E-state index in [2.05, 4.69) is 30.9 Å². The van der Waals surface area contributed by atoms with Gasteiger partial charge in [0.1, 0.15) is 18.1 Å². The van der Waals surface area contributed by atoms with Gasteiger partial charge in [0.05, 0.1) is 19.5 Å². The molecule has 15 nitrogen and oxygen atoms in total. The van der Waals surface area contributed by atoms with Gasteiger partial charge in [0.15, 0.2) is 5.96 Å². The average Bonchev–Trinajstić information content (AvgIpc) is 3.25. The van der Waals surface area contributed by atoms with Crippen molar-refractivity contribution in [1.29, 1.82) is 0 Å². The van der Waals surface area contributed by atoms with Gasteiger partial charge in [-0.1, -0.05) is 0 Å². The molecule has 0 aliphatic carbocycles. The summed E-state index contributed by atoms with van der Waals surface area (Å²) in [7, 11) is 0. The van der Waals surface area contributed by atoms with Gasteiger partial charge in [0.25, 0.3) is 0 Å². The second kappa shape index (κ2) is 13.6. The number of aromatic nitrogens is 2. The van der Waals surface area contributed by atoms with Crippen molar-refractivity contribution in [3.63, 3.8) is 0 Å². The second-order valence-corrected chi connectivity index (χ2v) is 6.70. The fraction of sp³-hybridized carbons (Fsp3) is 0.529. The third-order valence-corrected chi connectivity index (χ3v) is 4.19. The van der Waals surface area contributed by atoms with Gasteiger partial charge < -0.3 is 48.3 Å². The van der Waals surface area contributed by atoms with Gasteiger partial charge in [0, 0.05) is 24.9 Å². The molecule has 0 aliphatic heterocycles. The number of carboxylic acid groups (broad SMARTS) is 1. The van der Waals surface area contributed by atoms with Crippen LogP contribution in [0.4, 0.5) is 0 Å². The number of carbonyl (C=O) groups excluding carboxylic acids is 3. The molecule has 1 aromatic rings. The van der Waals surface area contributed by atoms with Crippen LogP contribution in [0.2, 0.25) is 0 Å². The van der Waals surface area contributed by atoms with Crippen molar-refractivity contribution in [2.45, 2.75) is 37.4 Å². The van der Waals surface area contributed by atoms with Crippen LogP contribution in [0.25, 0.3) is 0 Å². The van der Waals surface area contributed by atoms with Gasteiger partial charge in [-0.25, -0.2) is 9.78 Å². The second-order valence-electron chi connectivity index (χ2n) is 6.70. The number of nitrogens with one attached hydrogen (secondary N) is 4. The fourth-order valence-corrected chi connectivity index (χ4v) is 2.58. The number of nitrogens with zero attached hydrogens (tertiary/aromatic N) is 2. The zero-order valence-corrected chi connectivity index (χ0v) is 17.3. The van der Waals surface area contributed by atoms with E-state index in [0.29, 0.717) is 5.69 Å². The van der Waals surface area contributed by atoms with Crippen LogP contribution in [0.1, 0.15) is 18.5 Å². The number of H-pyrrole nitrogens is 1. The Morgan fingerprint density at radius 2 is 1.75 bits per heavy atom. The number of amides is 3. The van der Waals surface area contributed by atoms with Gasteiger partial charge in [-0.05, 0) is 12.8 Å². The van der Waals surface area contributed by atoms with Crippen LogP contribution in [-0.2, 0) is 25.6 Å². The number of aliphatic imine (C=N–C) groups is 1. The van der Waals surface area contributed by atoms with Gasteiger partial charge >= 0.3 is 5.97 Å². The first-order valence-corrected chi connectivity index (χ1v) is 9.64. The lowest BCUT2D eigenvalue weighted by atomic mass is 10.1. The van der Waals surface area contributed by atoms with E-state index in [4.69, 9.17) is 17.2 Å². The van der Waals surface area contributed by atoms with Crippen molar-refractivity contribution < 1.29 is 29.4 Å². The Bertz CT molecular complexity index is 794.